The van der Waals surface area contributed by atoms with Gasteiger partial charge in [-0.05, 0) is 12.5 Å². The van der Waals surface area contributed by atoms with Crippen LogP contribution in [-0.2, 0) is 17.7 Å². The van der Waals surface area contributed by atoms with E-state index in [1.165, 1.54) is 11.1 Å². The molecule has 0 aliphatic heterocycles. The molecule has 0 aliphatic carbocycles. The van der Waals surface area contributed by atoms with Gasteiger partial charge in [-0.1, -0.05) is 41.2 Å². The highest BCUT2D eigenvalue weighted by atomic mass is 32.1. The van der Waals surface area contributed by atoms with Crippen LogP contribution in [0.25, 0.3) is 0 Å². The second-order valence-corrected chi connectivity index (χ2v) is 5.57. The Bertz CT molecular complexity index is 513. The molecule has 0 fully saturated rings. The zero-order valence-electron chi connectivity index (χ0n) is 11.3. The summed E-state index contributed by atoms with van der Waals surface area (Å²) in [6.07, 6.45) is 0.859. The Morgan fingerprint density at radius 1 is 1.26 bits per heavy atom. The van der Waals surface area contributed by atoms with Gasteiger partial charge in [-0.25, -0.2) is 0 Å². The highest BCUT2D eigenvalue weighted by Gasteiger charge is 2.05. The van der Waals surface area contributed by atoms with Crippen LogP contribution in [0.1, 0.15) is 21.1 Å². The van der Waals surface area contributed by atoms with Crippen LogP contribution < -0.4 is 5.32 Å². The molecule has 19 heavy (non-hydrogen) atoms. The lowest BCUT2D eigenvalue weighted by Crippen LogP contribution is -2.18. The van der Waals surface area contributed by atoms with Crippen molar-refractivity contribution in [3.63, 3.8) is 0 Å². The largest absolute Gasteiger partial charge is 0.383 e. The van der Waals surface area contributed by atoms with Crippen molar-refractivity contribution in [2.24, 2.45) is 0 Å². The number of aryl methyl sites for hydroxylation is 1. The van der Waals surface area contributed by atoms with Crippen molar-refractivity contribution >= 4 is 11.3 Å². The van der Waals surface area contributed by atoms with Gasteiger partial charge in [-0.2, -0.15) is 0 Å². The predicted octanol–water partition coefficient (Wildman–Crippen LogP) is 2.17. The molecule has 0 spiro atoms. The minimum atomic E-state index is 0.717. The van der Waals surface area contributed by atoms with Crippen LogP contribution in [0.2, 0.25) is 0 Å². The lowest BCUT2D eigenvalue weighted by Gasteiger charge is -2.00. The van der Waals surface area contributed by atoms with Crippen LogP contribution in [-0.4, -0.2) is 30.5 Å². The van der Waals surface area contributed by atoms with Crippen molar-refractivity contribution < 1.29 is 4.74 Å². The third kappa shape index (κ3) is 4.70. The average molecular weight is 277 g/mol. The van der Waals surface area contributed by atoms with Crippen molar-refractivity contribution in [1.82, 2.24) is 15.5 Å². The fourth-order valence-corrected chi connectivity index (χ4v) is 2.65. The minimum absolute atomic E-state index is 0.717. The summed E-state index contributed by atoms with van der Waals surface area (Å²) >= 11 is 1.67. The Hall–Kier alpha value is -1.30. The molecule has 0 unspecified atom stereocenters. The van der Waals surface area contributed by atoms with Crippen LogP contribution in [0.5, 0.6) is 0 Å². The molecule has 2 rings (SSSR count). The monoisotopic (exact) mass is 277 g/mol. The highest BCUT2D eigenvalue weighted by Crippen LogP contribution is 2.15. The van der Waals surface area contributed by atoms with Gasteiger partial charge in [0.05, 0.1) is 6.61 Å². The van der Waals surface area contributed by atoms with Crippen molar-refractivity contribution in [2.45, 2.75) is 19.9 Å². The van der Waals surface area contributed by atoms with Crippen LogP contribution >= 0.6 is 11.3 Å². The normalized spacial score (nSPS) is 10.8. The first-order valence-corrected chi connectivity index (χ1v) is 7.16. The zero-order valence-corrected chi connectivity index (χ0v) is 12.2. The number of nitrogens with one attached hydrogen (secondary N) is 1. The predicted molar refractivity (Wildman–Crippen MR) is 77.5 cm³/mol. The summed E-state index contributed by atoms with van der Waals surface area (Å²) < 4.78 is 4.98. The summed E-state index contributed by atoms with van der Waals surface area (Å²) in [5.41, 5.74) is 2.57. The smallest absolute Gasteiger partial charge is 0.131 e. The fourth-order valence-electron chi connectivity index (χ4n) is 1.80. The molecule has 2 aromatic rings. The van der Waals surface area contributed by atoms with E-state index in [1.54, 1.807) is 18.4 Å². The summed E-state index contributed by atoms with van der Waals surface area (Å²) in [6.45, 7) is 4.42. The Kier molecular flexibility index (Phi) is 5.44. The molecule has 1 N–H and O–H groups in total. The van der Waals surface area contributed by atoms with E-state index < -0.39 is 0 Å². The fraction of sp³-hybridized carbons (Fsp3) is 0.429. The van der Waals surface area contributed by atoms with Crippen molar-refractivity contribution in [1.29, 1.82) is 0 Å². The number of aromatic nitrogens is 2. The molecule has 0 saturated carbocycles. The second-order valence-electron chi connectivity index (χ2n) is 4.42. The van der Waals surface area contributed by atoms with Crippen molar-refractivity contribution in [2.75, 3.05) is 20.3 Å². The lowest BCUT2D eigenvalue weighted by atomic mass is 10.1. The van der Waals surface area contributed by atoms with Gasteiger partial charge in [0.15, 0.2) is 0 Å². The van der Waals surface area contributed by atoms with Crippen LogP contribution in [0.4, 0.5) is 0 Å². The summed E-state index contributed by atoms with van der Waals surface area (Å²) in [5, 5.41) is 13.8. The molecule has 5 heteroatoms. The Morgan fingerprint density at radius 2 is 2.11 bits per heavy atom. The molecule has 4 nitrogen and oxygen atoms in total. The van der Waals surface area contributed by atoms with E-state index in [0.29, 0.717) is 0 Å². The molecule has 0 amide bonds. The van der Waals surface area contributed by atoms with Gasteiger partial charge >= 0.3 is 0 Å². The molecule has 1 aromatic heterocycles. The van der Waals surface area contributed by atoms with E-state index in [-0.39, 0.29) is 0 Å². The summed E-state index contributed by atoms with van der Waals surface area (Å²) in [7, 11) is 1.70. The Balaban J connectivity index is 1.87. The van der Waals surface area contributed by atoms with Gasteiger partial charge in [0.2, 0.25) is 0 Å². The number of methoxy groups -OCH3 is 1. The molecule has 0 bridgehead atoms. The van der Waals surface area contributed by atoms with Gasteiger partial charge in [0.1, 0.15) is 10.0 Å². The van der Waals surface area contributed by atoms with Crippen LogP contribution in [0.3, 0.4) is 0 Å². The SMILES string of the molecule is COCCNCc1nnc(Cc2cccc(C)c2)s1. The molecule has 0 aliphatic rings. The van der Waals surface area contributed by atoms with Gasteiger partial charge in [0, 0.05) is 26.6 Å². The number of rotatable bonds is 7. The first-order chi connectivity index (χ1) is 9.28. The molecular weight excluding hydrogens is 258 g/mol. The molecular formula is C14H19N3OS. The summed E-state index contributed by atoms with van der Waals surface area (Å²) in [6, 6.07) is 8.51. The van der Waals surface area contributed by atoms with E-state index in [4.69, 9.17) is 4.74 Å². The number of nitrogens with zero attached hydrogens (tertiary/aromatic N) is 2. The standard InChI is InChI=1S/C14H19N3OS/c1-11-4-3-5-12(8-11)9-13-16-17-14(19-13)10-15-6-7-18-2/h3-5,8,15H,6-7,9-10H2,1-2H3. The summed E-state index contributed by atoms with van der Waals surface area (Å²) in [5.74, 6) is 0. The van der Waals surface area contributed by atoms with Crippen molar-refractivity contribution in [3.8, 4) is 0 Å². The van der Waals surface area contributed by atoms with Gasteiger partial charge in [-0.3, -0.25) is 0 Å². The highest BCUT2D eigenvalue weighted by molar-refractivity contribution is 7.11. The third-order valence-corrected chi connectivity index (χ3v) is 3.63. The number of hydrogen-bond donors (Lipinski definition) is 1. The van der Waals surface area contributed by atoms with E-state index in [0.717, 1.165) is 36.1 Å². The lowest BCUT2D eigenvalue weighted by molar-refractivity contribution is 0.199. The van der Waals surface area contributed by atoms with E-state index in [1.807, 2.05) is 0 Å². The zero-order chi connectivity index (χ0) is 13.5. The van der Waals surface area contributed by atoms with Crippen LogP contribution in [0, 0.1) is 6.92 Å². The maximum absolute atomic E-state index is 4.98. The second kappa shape index (κ2) is 7.33. The Labute approximate surface area is 117 Å². The molecule has 0 atom stereocenters. The van der Waals surface area contributed by atoms with Gasteiger partial charge in [0.25, 0.3) is 0 Å². The molecule has 0 saturated heterocycles. The average Bonchev–Trinajstić information content (AvgIpc) is 2.82. The quantitative estimate of drug-likeness (QED) is 0.788. The first kappa shape index (κ1) is 14.1. The molecule has 0 radical (unpaired) electrons. The molecule has 102 valence electrons. The maximum Gasteiger partial charge on any atom is 0.131 e. The number of benzene rings is 1. The van der Waals surface area contributed by atoms with Gasteiger partial charge < -0.3 is 10.1 Å². The van der Waals surface area contributed by atoms with Gasteiger partial charge in [-0.15, -0.1) is 10.2 Å². The molecule has 1 heterocycles. The number of ether oxygens (including phenoxy) is 1. The first-order valence-electron chi connectivity index (χ1n) is 6.34. The summed E-state index contributed by atoms with van der Waals surface area (Å²) in [4.78, 5) is 0. The third-order valence-electron chi connectivity index (χ3n) is 2.71. The van der Waals surface area contributed by atoms with Crippen molar-refractivity contribution in [3.05, 3.63) is 45.4 Å². The topological polar surface area (TPSA) is 47.0 Å². The van der Waals surface area contributed by atoms with E-state index >= 15 is 0 Å². The maximum atomic E-state index is 4.98. The number of hydrogen-bond acceptors (Lipinski definition) is 5. The molecule has 1 aromatic carbocycles. The van der Waals surface area contributed by atoms with E-state index in [2.05, 4.69) is 46.7 Å². The Morgan fingerprint density at radius 3 is 2.89 bits per heavy atom. The van der Waals surface area contributed by atoms with E-state index in [9.17, 15) is 0 Å². The van der Waals surface area contributed by atoms with Crippen LogP contribution in [0.15, 0.2) is 24.3 Å². The minimum Gasteiger partial charge on any atom is -0.383 e.